The van der Waals surface area contributed by atoms with Gasteiger partial charge in [0.2, 0.25) is 5.91 Å². The van der Waals surface area contributed by atoms with Crippen molar-refractivity contribution < 1.29 is 13.6 Å². The topological polar surface area (TPSA) is 58.6 Å². The number of carbonyl (C=O) groups is 1. The number of hydrogen-bond donors (Lipinski definition) is 1. The lowest BCUT2D eigenvalue weighted by atomic mass is 9.96. The summed E-state index contributed by atoms with van der Waals surface area (Å²) in [7, 11) is 0. The lowest BCUT2D eigenvalue weighted by Gasteiger charge is -2.28. The van der Waals surface area contributed by atoms with Crippen molar-refractivity contribution in [1.82, 2.24) is 10.2 Å². The summed E-state index contributed by atoms with van der Waals surface area (Å²) in [5.41, 5.74) is 0. The highest BCUT2D eigenvalue weighted by Crippen LogP contribution is 2.19. The highest BCUT2D eigenvalue weighted by Gasteiger charge is 2.27. The third-order valence-corrected chi connectivity index (χ3v) is 3.85. The molecule has 0 bridgehead atoms. The van der Waals surface area contributed by atoms with Crippen molar-refractivity contribution in [2.45, 2.75) is 25.9 Å². The highest BCUT2D eigenvalue weighted by molar-refractivity contribution is 5.78. The molecule has 0 spiro atoms. The Hall–Kier alpha value is -2.01. The first-order valence-electron chi connectivity index (χ1n) is 7.37. The number of piperidine rings is 1. The predicted octanol–water partition coefficient (Wildman–Crippen LogP) is 2.40. The standard InChI is InChI=1S/C16H20N2O3/c19-16(13-5-7-17-8-6-13)18(11-14-3-1-9-20-14)12-15-4-2-10-21-15/h1-4,9-10,13,17H,5-8,11-12H2. The van der Waals surface area contributed by atoms with E-state index < -0.39 is 0 Å². The second-order valence-electron chi connectivity index (χ2n) is 5.38. The van der Waals surface area contributed by atoms with E-state index in [9.17, 15) is 4.79 Å². The Morgan fingerprint density at radius 1 is 1.10 bits per heavy atom. The zero-order chi connectivity index (χ0) is 14.5. The van der Waals surface area contributed by atoms with E-state index in [1.165, 1.54) is 0 Å². The smallest absolute Gasteiger partial charge is 0.226 e. The maximum Gasteiger partial charge on any atom is 0.226 e. The molecule has 3 rings (SSSR count). The van der Waals surface area contributed by atoms with Gasteiger partial charge in [0.1, 0.15) is 11.5 Å². The molecule has 1 N–H and O–H groups in total. The first-order chi connectivity index (χ1) is 10.3. The minimum atomic E-state index is 0.0937. The molecular weight excluding hydrogens is 268 g/mol. The van der Waals surface area contributed by atoms with Gasteiger partial charge in [-0.3, -0.25) is 4.79 Å². The number of nitrogens with one attached hydrogen (secondary N) is 1. The van der Waals surface area contributed by atoms with Crippen LogP contribution in [0.4, 0.5) is 0 Å². The molecule has 2 aromatic rings. The fraction of sp³-hybridized carbons (Fsp3) is 0.438. The quantitative estimate of drug-likeness (QED) is 0.918. The summed E-state index contributed by atoms with van der Waals surface area (Å²) in [4.78, 5) is 14.6. The predicted molar refractivity (Wildman–Crippen MR) is 77.3 cm³/mol. The van der Waals surface area contributed by atoms with Crippen molar-refractivity contribution >= 4 is 5.91 Å². The van der Waals surface area contributed by atoms with Crippen LogP contribution < -0.4 is 5.32 Å². The van der Waals surface area contributed by atoms with Gasteiger partial charge in [-0.2, -0.15) is 0 Å². The van der Waals surface area contributed by atoms with Gasteiger partial charge in [0.25, 0.3) is 0 Å². The van der Waals surface area contributed by atoms with Crippen LogP contribution >= 0.6 is 0 Å². The monoisotopic (exact) mass is 288 g/mol. The summed E-state index contributed by atoms with van der Waals surface area (Å²) < 4.78 is 10.8. The van der Waals surface area contributed by atoms with E-state index in [1.807, 2.05) is 29.2 Å². The second kappa shape index (κ2) is 6.63. The van der Waals surface area contributed by atoms with Crippen LogP contribution in [0.1, 0.15) is 24.4 Å². The fourth-order valence-corrected chi connectivity index (χ4v) is 2.72. The van der Waals surface area contributed by atoms with Gasteiger partial charge in [-0.15, -0.1) is 0 Å². The lowest BCUT2D eigenvalue weighted by molar-refractivity contribution is -0.138. The molecular formula is C16H20N2O3. The van der Waals surface area contributed by atoms with Gasteiger partial charge in [-0.1, -0.05) is 0 Å². The average Bonchev–Trinajstić information content (AvgIpc) is 3.20. The van der Waals surface area contributed by atoms with Crippen LogP contribution in [0, 0.1) is 5.92 Å². The zero-order valence-corrected chi connectivity index (χ0v) is 12.0. The molecule has 0 aliphatic carbocycles. The van der Waals surface area contributed by atoms with Gasteiger partial charge in [-0.25, -0.2) is 0 Å². The molecule has 1 amide bonds. The first-order valence-corrected chi connectivity index (χ1v) is 7.37. The van der Waals surface area contributed by atoms with Gasteiger partial charge in [0, 0.05) is 5.92 Å². The van der Waals surface area contributed by atoms with Crippen LogP contribution in [0.25, 0.3) is 0 Å². The molecule has 0 aromatic carbocycles. The number of amides is 1. The van der Waals surface area contributed by atoms with Gasteiger partial charge < -0.3 is 19.1 Å². The summed E-state index contributed by atoms with van der Waals surface area (Å²) in [6, 6.07) is 7.47. The largest absolute Gasteiger partial charge is 0.467 e. The summed E-state index contributed by atoms with van der Waals surface area (Å²) in [6.07, 6.45) is 5.06. The Labute approximate surface area is 123 Å². The Bertz CT molecular complexity index is 506. The number of hydrogen-bond acceptors (Lipinski definition) is 4. The molecule has 0 radical (unpaired) electrons. The maximum absolute atomic E-state index is 12.8. The van der Waals surface area contributed by atoms with Crippen molar-refractivity contribution in [3.8, 4) is 0 Å². The second-order valence-corrected chi connectivity index (χ2v) is 5.38. The summed E-state index contributed by atoms with van der Waals surface area (Å²) in [5, 5.41) is 3.29. The minimum absolute atomic E-state index is 0.0937. The van der Waals surface area contributed by atoms with E-state index in [2.05, 4.69) is 5.32 Å². The SMILES string of the molecule is O=C(C1CCNCC1)N(Cc1ccco1)Cc1ccco1. The van der Waals surface area contributed by atoms with E-state index >= 15 is 0 Å². The maximum atomic E-state index is 12.8. The Balaban J connectivity index is 1.72. The summed E-state index contributed by atoms with van der Waals surface area (Å²) in [5.74, 6) is 1.87. The van der Waals surface area contributed by atoms with Crippen LogP contribution in [-0.4, -0.2) is 23.9 Å². The van der Waals surface area contributed by atoms with Crippen LogP contribution in [0.3, 0.4) is 0 Å². The van der Waals surface area contributed by atoms with E-state index in [0.29, 0.717) is 13.1 Å². The third-order valence-electron chi connectivity index (χ3n) is 3.85. The van der Waals surface area contributed by atoms with Crippen LogP contribution in [0.5, 0.6) is 0 Å². The average molecular weight is 288 g/mol. The van der Waals surface area contributed by atoms with E-state index in [1.54, 1.807) is 12.5 Å². The van der Waals surface area contributed by atoms with E-state index in [-0.39, 0.29) is 11.8 Å². The highest BCUT2D eigenvalue weighted by atomic mass is 16.3. The van der Waals surface area contributed by atoms with Gasteiger partial charge >= 0.3 is 0 Å². The summed E-state index contributed by atoms with van der Waals surface area (Å²) in [6.45, 7) is 2.78. The number of furan rings is 2. The molecule has 0 saturated carbocycles. The van der Waals surface area contributed by atoms with E-state index in [4.69, 9.17) is 8.83 Å². The molecule has 1 fully saturated rings. The molecule has 3 heterocycles. The van der Waals surface area contributed by atoms with Crippen molar-refractivity contribution in [2.75, 3.05) is 13.1 Å². The third kappa shape index (κ3) is 3.55. The van der Waals surface area contributed by atoms with Gasteiger partial charge in [0.05, 0.1) is 25.6 Å². The molecule has 0 unspecified atom stereocenters. The fourth-order valence-electron chi connectivity index (χ4n) is 2.72. The Morgan fingerprint density at radius 3 is 2.14 bits per heavy atom. The molecule has 5 heteroatoms. The van der Waals surface area contributed by atoms with Crippen LogP contribution in [0.2, 0.25) is 0 Å². The Kier molecular flexibility index (Phi) is 4.40. The minimum Gasteiger partial charge on any atom is -0.467 e. The summed E-state index contributed by atoms with van der Waals surface area (Å²) >= 11 is 0. The molecule has 1 aliphatic heterocycles. The normalized spacial score (nSPS) is 16.0. The lowest BCUT2D eigenvalue weighted by Crippen LogP contribution is -2.40. The number of rotatable bonds is 5. The number of nitrogens with zero attached hydrogens (tertiary/aromatic N) is 1. The molecule has 5 nitrogen and oxygen atoms in total. The van der Waals surface area contributed by atoms with E-state index in [0.717, 1.165) is 37.5 Å². The number of carbonyl (C=O) groups excluding carboxylic acids is 1. The molecule has 1 aliphatic rings. The molecule has 0 atom stereocenters. The molecule has 1 saturated heterocycles. The Morgan fingerprint density at radius 2 is 1.67 bits per heavy atom. The van der Waals surface area contributed by atoms with Crippen LogP contribution in [-0.2, 0) is 17.9 Å². The van der Waals surface area contributed by atoms with Gasteiger partial charge in [0.15, 0.2) is 0 Å². The molecule has 21 heavy (non-hydrogen) atoms. The molecule has 112 valence electrons. The zero-order valence-electron chi connectivity index (χ0n) is 12.0. The van der Waals surface area contributed by atoms with Crippen molar-refractivity contribution in [3.63, 3.8) is 0 Å². The first kappa shape index (κ1) is 13.9. The van der Waals surface area contributed by atoms with Crippen LogP contribution in [0.15, 0.2) is 45.6 Å². The van der Waals surface area contributed by atoms with Crippen molar-refractivity contribution in [2.24, 2.45) is 5.92 Å². The van der Waals surface area contributed by atoms with Crippen molar-refractivity contribution in [3.05, 3.63) is 48.3 Å². The van der Waals surface area contributed by atoms with Gasteiger partial charge in [-0.05, 0) is 50.2 Å². The molecule has 2 aromatic heterocycles. The van der Waals surface area contributed by atoms with Crippen molar-refractivity contribution in [1.29, 1.82) is 0 Å².